The van der Waals surface area contributed by atoms with Crippen molar-refractivity contribution in [1.82, 2.24) is 24.3 Å². The third kappa shape index (κ3) is 3.18. The van der Waals surface area contributed by atoms with Gasteiger partial charge in [-0.25, -0.2) is 9.97 Å². The van der Waals surface area contributed by atoms with Gasteiger partial charge in [0, 0.05) is 55.9 Å². The van der Waals surface area contributed by atoms with Crippen molar-refractivity contribution >= 4 is 17.2 Å². The fourth-order valence-corrected chi connectivity index (χ4v) is 5.61. The smallest absolute Gasteiger partial charge is 0.230 e. The maximum Gasteiger partial charge on any atom is 0.230 e. The lowest BCUT2D eigenvalue weighted by atomic mass is 9.75. The van der Waals surface area contributed by atoms with Crippen LogP contribution in [0.25, 0.3) is 0 Å². The van der Waals surface area contributed by atoms with Crippen LogP contribution in [0.3, 0.4) is 0 Å². The van der Waals surface area contributed by atoms with Gasteiger partial charge in [0.2, 0.25) is 5.91 Å². The van der Waals surface area contributed by atoms with Gasteiger partial charge in [-0.15, -0.1) is 11.3 Å². The van der Waals surface area contributed by atoms with Crippen LogP contribution in [0.15, 0.2) is 24.1 Å². The van der Waals surface area contributed by atoms with E-state index in [4.69, 9.17) is 4.98 Å². The van der Waals surface area contributed by atoms with E-state index in [0.717, 1.165) is 55.8 Å². The summed E-state index contributed by atoms with van der Waals surface area (Å²) in [6.07, 6.45) is 9.49. The quantitative estimate of drug-likeness (QED) is 0.749. The molecule has 1 aliphatic carbocycles. The average Bonchev–Trinajstić information content (AvgIpc) is 3.09. The van der Waals surface area contributed by atoms with Crippen molar-refractivity contribution in [1.29, 1.82) is 0 Å². The summed E-state index contributed by atoms with van der Waals surface area (Å²) >= 11 is 1.70. The molecule has 3 aliphatic rings. The van der Waals surface area contributed by atoms with E-state index >= 15 is 0 Å². The lowest BCUT2D eigenvalue weighted by Gasteiger charge is -2.28. The third-order valence-corrected chi connectivity index (χ3v) is 7.51. The molecule has 4 heterocycles. The lowest BCUT2D eigenvalue weighted by Crippen LogP contribution is -2.40. The van der Waals surface area contributed by atoms with Crippen molar-refractivity contribution in [2.24, 2.45) is 11.3 Å². The molecule has 1 spiro atoms. The van der Waals surface area contributed by atoms with E-state index in [1.165, 1.54) is 12.8 Å². The molecule has 5 rings (SSSR count). The van der Waals surface area contributed by atoms with Gasteiger partial charge in [-0.3, -0.25) is 9.69 Å². The minimum absolute atomic E-state index is 0.171. The summed E-state index contributed by atoms with van der Waals surface area (Å²) in [4.78, 5) is 27.4. The fraction of sp³-hybridized carbons (Fsp3) is 0.667. The molecular formula is C21H29N5OS. The number of thiazole rings is 1. The molecule has 0 bridgehead atoms. The molecule has 0 unspecified atom stereocenters. The Kier molecular flexibility index (Phi) is 4.55. The van der Waals surface area contributed by atoms with Gasteiger partial charge in [0.15, 0.2) is 0 Å². The number of nitrogens with zero attached hydrogens (tertiary/aromatic N) is 5. The molecule has 2 saturated heterocycles. The van der Waals surface area contributed by atoms with E-state index in [2.05, 4.69) is 39.4 Å². The van der Waals surface area contributed by atoms with Gasteiger partial charge in [-0.05, 0) is 39.0 Å². The third-order valence-electron chi connectivity index (χ3n) is 6.75. The predicted octanol–water partition coefficient (Wildman–Crippen LogP) is 3.15. The van der Waals surface area contributed by atoms with Gasteiger partial charge in [0.1, 0.15) is 5.01 Å². The highest BCUT2D eigenvalue weighted by Gasteiger charge is 2.58. The topological polar surface area (TPSA) is 54.3 Å². The maximum atomic E-state index is 13.6. The van der Waals surface area contributed by atoms with Gasteiger partial charge < -0.3 is 9.47 Å². The molecule has 3 fully saturated rings. The molecule has 0 aromatic carbocycles. The van der Waals surface area contributed by atoms with Gasteiger partial charge in [0.25, 0.3) is 0 Å². The van der Waals surface area contributed by atoms with Crippen molar-refractivity contribution in [2.75, 3.05) is 26.2 Å². The van der Waals surface area contributed by atoms with E-state index in [9.17, 15) is 4.79 Å². The van der Waals surface area contributed by atoms with E-state index in [1.54, 1.807) is 11.3 Å². The molecule has 7 heteroatoms. The van der Waals surface area contributed by atoms with Crippen molar-refractivity contribution in [3.63, 3.8) is 0 Å². The van der Waals surface area contributed by atoms with Crippen LogP contribution in [-0.2, 0) is 11.3 Å². The Bertz CT molecular complexity index is 843. The Hall–Kier alpha value is -1.73. The van der Waals surface area contributed by atoms with Gasteiger partial charge in [-0.2, -0.15) is 0 Å². The summed E-state index contributed by atoms with van der Waals surface area (Å²) < 4.78 is 2.16. The number of imidazole rings is 1. The molecule has 2 aromatic rings. The zero-order valence-corrected chi connectivity index (χ0v) is 17.6. The van der Waals surface area contributed by atoms with E-state index < -0.39 is 0 Å². The first kappa shape index (κ1) is 18.3. The van der Waals surface area contributed by atoms with Crippen molar-refractivity contribution < 1.29 is 4.79 Å². The summed E-state index contributed by atoms with van der Waals surface area (Å²) in [7, 11) is 0. The maximum absolute atomic E-state index is 13.6. The van der Waals surface area contributed by atoms with E-state index in [0.29, 0.717) is 11.9 Å². The summed E-state index contributed by atoms with van der Waals surface area (Å²) in [5.74, 6) is 1.28. The molecule has 0 N–H and O–H groups in total. The highest BCUT2D eigenvalue weighted by Crippen LogP contribution is 2.50. The number of carbonyl (C=O) groups is 1. The first-order valence-electron chi connectivity index (χ1n) is 10.5. The van der Waals surface area contributed by atoms with Crippen LogP contribution in [0.5, 0.6) is 0 Å². The standard InChI is InChI=1S/C21H29N5OS/c1-15(2)26-11-18(23-14-26)17-10-24(12-19-22-6-8-28-19)13-21(17)5-7-25(20(21)27)9-16-3-4-16/h6,8,11,14-17H,3-5,7,9-10,12-13H2,1-2H3/t17-,21+/m0/s1. The van der Waals surface area contributed by atoms with Gasteiger partial charge in [0.05, 0.1) is 24.0 Å². The van der Waals surface area contributed by atoms with Crippen LogP contribution < -0.4 is 0 Å². The second-order valence-corrected chi connectivity index (χ2v) is 10.1. The van der Waals surface area contributed by atoms with Gasteiger partial charge >= 0.3 is 0 Å². The second-order valence-electron chi connectivity index (χ2n) is 9.09. The minimum atomic E-state index is -0.317. The Morgan fingerprint density at radius 3 is 2.86 bits per heavy atom. The molecule has 6 nitrogen and oxygen atoms in total. The second kappa shape index (κ2) is 6.95. The molecule has 0 radical (unpaired) electrons. The highest BCUT2D eigenvalue weighted by molar-refractivity contribution is 7.09. The molecule has 150 valence electrons. The molecular weight excluding hydrogens is 370 g/mol. The fourth-order valence-electron chi connectivity index (χ4n) is 4.96. The number of carbonyl (C=O) groups excluding carboxylic acids is 1. The van der Waals surface area contributed by atoms with Crippen LogP contribution in [0, 0.1) is 11.3 Å². The molecule has 1 amide bonds. The van der Waals surface area contributed by atoms with Crippen molar-refractivity contribution in [2.45, 2.75) is 51.6 Å². The molecule has 28 heavy (non-hydrogen) atoms. The predicted molar refractivity (Wildman–Crippen MR) is 109 cm³/mol. The van der Waals surface area contributed by atoms with Crippen LogP contribution in [0.1, 0.15) is 55.8 Å². The number of aromatic nitrogens is 3. The zero-order chi connectivity index (χ0) is 19.3. The molecule has 1 saturated carbocycles. The number of amides is 1. The highest BCUT2D eigenvalue weighted by atomic mass is 32.1. The Morgan fingerprint density at radius 2 is 2.18 bits per heavy atom. The molecule has 2 aliphatic heterocycles. The molecule has 2 atom stereocenters. The summed E-state index contributed by atoms with van der Waals surface area (Å²) in [5, 5.41) is 3.16. The van der Waals surface area contributed by atoms with Crippen molar-refractivity contribution in [3.05, 3.63) is 34.8 Å². The first-order chi connectivity index (χ1) is 13.5. The molecule has 2 aromatic heterocycles. The van der Waals surface area contributed by atoms with Crippen LogP contribution in [0.4, 0.5) is 0 Å². The lowest BCUT2D eigenvalue weighted by molar-refractivity contribution is -0.136. The minimum Gasteiger partial charge on any atom is -0.342 e. The van der Waals surface area contributed by atoms with E-state index in [1.807, 2.05) is 17.9 Å². The Morgan fingerprint density at radius 1 is 1.32 bits per heavy atom. The summed E-state index contributed by atoms with van der Waals surface area (Å²) in [6, 6.07) is 0.385. The van der Waals surface area contributed by atoms with Crippen molar-refractivity contribution in [3.8, 4) is 0 Å². The number of rotatable bonds is 6. The normalized spacial score (nSPS) is 28.3. The first-order valence-corrected chi connectivity index (χ1v) is 11.4. The number of hydrogen-bond acceptors (Lipinski definition) is 5. The average molecular weight is 400 g/mol. The van der Waals surface area contributed by atoms with Gasteiger partial charge in [-0.1, -0.05) is 0 Å². The SMILES string of the molecule is CC(C)n1cnc([C@@H]2CN(Cc3nccs3)C[C@]23CCN(CC2CC2)C3=O)c1. The summed E-state index contributed by atoms with van der Waals surface area (Å²) in [5.41, 5.74) is 0.763. The number of likely N-dealkylation sites (tertiary alicyclic amines) is 2. The zero-order valence-electron chi connectivity index (χ0n) is 16.8. The number of hydrogen-bond donors (Lipinski definition) is 0. The Labute approximate surface area is 170 Å². The van der Waals surface area contributed by atoms with Crippen LogP contribution in [-0.4, -0.2) is 56.4 Å². The van der Waals surface area contributed by atoms with E-state index in [-0.39, 0.29) is 11.3 Å². The van der Waals surface area contributed by atoms with Crippen LogP contribution in [0.2, 0.25) is 0 Å². The Balaban J connectivity index is 1.43. The summed E-state index contributed by atoms with van der Waals surface area (Å²) in [6.45, 7) is 8.74. The van der Waals surface area contributed by atoms with Crippen LogP contribution >= 0.6 is 11.3 Å². The largest absolute Gasteiger partial charge is 0.342 e. The monoisotopic (exact) mass is 399 g/mol.